The van der Waals surface area contributed by atoms with Crippen LogP contribution in [-0.2, 0) is 5.33 Å². The quantitative estimate of drug-likeness (QED) is 0.593. The highest BCUT2D eigenvalue weighted by atomic mass is 127. The molecule has 13 heavy (non-hydrogen) atoms. The Hall–Kier alpha value is 0.190. The zero-order chi connectivity index (χ0) is 9.42. The number of phenols is 1. The molecule has 1 aromatic heterocycles. The molecule has 2 aromatic rings. The monoisotopic (exact) mass is 368 g/mol. The summed E-state index contributed by atoms with van der Waals surface area (Å²) in [6.07, 6.45) is 0. The fourth-order valence-corrected chi connectivity index (χ4v) is 3.78. The lowest BCUT2D eigenvalue weighted by Gasteiger charge is -1.99. The maximum Gasteiger partial charge on any atom is 0.124 e. The lowest BCUT2D eigenvalue weighted by atomic mass is 10.2. The maximum absolute atomic E-state index is 9.59. The van der Waals surface area contributed by atoms with E-state index < -0.39 is 0 Å². The Bertz CT molecular complexity index is 452. The summed E-state index contributed by atoms with van der Waals surface area (Å²) in [4.78, 5) is 0. The topological polar surface area (TPSA) is 20.2 Å². The van der Waals surface area contributed by atoms with Gasteiger partial charge in [-0.3, -0.25) is 0 Å². The standard InChI is InChI=1S/C9H6BrIOS/c10-4-5-1-2-7(12)6-3-8(11)13-9(5)6/h1-3,12H,4H2. The van der Waals surface area contributed by atoms with Crippen molar-refractivity contribution in [1.82, 2.24) is 0 Å². The van der Waals surface area contributed by atoms with Gasteiger partial charge >= 0.3 is 0 Å². The Morgan fingerprint density at radius 3 is 2.92 bits per heavy atom. The summed E-state index contributed by atoms with van der Waals surface area (Å²) in [5, 5.41) is 11.4. The second kappa shape index (κ2) is 3.74. The average molecular weight is 369 g/mol. The van der Waals surface area contributed by atoms with Gasteiger partial charge in [-0.05, 0) is 40.3 Å². The first-order valence-corrected chi connectivity index (χ1v) is 6.70. The molecular weight excluding hydrogens is 363 g/mol. The van der Waals surface area contributed by atoms with Gasteiger partial charge in [0.2, 0.25) is 0 Å². The lowest BCUT2D eigenvalue weighted by Crippen LogP contribution is -1.76. The van der Waals surface area contributed by atoms with Crippen LogP contribution in [-0.4, -0.2) is 5.11 Å². The van der Waals surface area contributed by atoms with Gasteiger partial charge < -0.3 is 5.11 Å². The van der Waals surface area contributed by atoms with Gasteiger partial charge in [-0.2, -0.15) is 0 Å². The van der Waals surface area contributed by atoms with Crippen molar-refractivity contribution in [3.05, 3.63) is 26.6 Å². The molecule has 0 aliphatic carbocycles. The van der Waals surface area contributed by atoms with Crippen molar-refractivity contribution in [2.75, 3.05) is 0 Å². The van der Waals surface area contributed by atoms with Crippen LogP contribution in [0.3, 0.4) is 0 Å². The van der Waals surface area contributed by atoms with Crippen LogP contribution >= 0.6 is 49.9 Å². The molecule has 0 spiro atoms. The number of hydrogen-bond donors (Lipinski definition) is 1. The first-order chi connectivity index (χ1) is 6.22. The van der Waals surface area contributed by atoms with Crippen molar-refractivity contribution in [3.8, 4) is 5.75 Å². The van der Waals surface area contributed by atoms with E-state index in [4.69, 9.17) is 0 Å². The van der Waals surface area contributed by atoms with Gasteiger partial charge in [0, 0.05) is 15.4 Å². The summed E-state index contributed by atoms with van der Waals surface area (Å²) in [7, 11) is 0. The van der Waals surface area contributed by atoms with Crippen LogP contribution in [0.4, 0.5) is 0 Å². The highest BCUT2D eigenvalue weighted by molar-refractivity contribution is 14.1. The first kappa shape index (κ1) is 9.73. The van der Waals surface area contributed by atoms with E-state index in [2.05, 4.69) is 38.5 Å². The minimum Gasteiger partial charge on any atom is -0.507 e. The normalized spacial score (nSPS) is 10.9. The molecular formula is C9H6BrIOS. The summed E-state index contributed by atoms with van der Waals surface area (Å²) in [6, 6.07) is 5.72. The van der Waals surface area contributed by atoms with Crippen LogP contribution in [0.1, 0.15) is 5.56 Å². The van der Waals surface area contributed by atoms with E-state index >= 15 is 0 Å². The van der Waals surface area contributed by atoms with Crippen molar-refractivity contribution < 1.29 is 5.11 Å². The van der Waals surface area contributed by atoms with Crippen molar-refractivity contribution in [3.63, 3.8) is 0 Å². The predicted molar refractivity (Wildman–Crippen MR) is 68.8 cm³/mol. The average Bonchev–Trinajstić information content (AvgIpc) is 2.48. The number of halogens is 2. The Balaban J connectivity index is 2.83. The van der Waals surface area contributed by atoms with E-state index in [9.17, 15) is 5.11 Å². The fourth-order valence-electron chi connectivity index (χ4n) is 1.24. The molecule has 2 rings (SSSR count). The van der Waals surface area contributed by atoms with Gasteiger partial charge in [-0.25, -0.2) is 0 Å². The van der Waals surface area contributed by atoms with Gasteiger partial charge in [-0.15, -0.1) is 11.3 Å². The fraction of sp³-hybridized carbons (Fsp3) is 0.111. The summed E-state index contributed by atoms with van der Waals surface area (Å²) in [5.41, 5.74) is 1.24. The molecule has 0 aliphatic heterocycles. The molecule has 68 valence electrons. The number of hydrogen-bond acceptors (Lipinski definition) is 2. The van der Waals surface area contributed by atoms with Crippen molar-refractivity contribution >= 4 is 59.9 Å². The van der Waals surface area contributed by atoms with Crippen LogP contribution < -0.4 is 0 Å². The maximum atomic E-state index is 9.59. The SMILES string of the molecule is Oc1ccc(CBr)c2sc(I)cc12. The molecule has 1 heterocycles. The predicted octanol–water partition coefficient (Wildman–Crippen LogP) is 4.11. The van der Waals surface area contributed by atoms with Crippen LogP contribution in [0.5, 0.6) is 5.75 Å². The zero-order valence-electron chi connectivity index (χ0n) is 6.55. The van der Waals surface area contributed by atoms with Gasteiger partial charge in [0.25, 0.3) is 0 Å². The minimum atomic E-state index is 0.374. The van der Waals surface area contributed by atoms with Crippen LogP contribution in [0, 0.1) is 2.88 Å². The number of benzene rings is 1. The molecule has 1 aromatic carbocycles. The highest BCUT2D eigenvalue weighted by Gasteiger charge is 2.07. The summed E-state index contributed by atoms with van der Waals surface area (Å²) in [6.45, 7) is 0. The molecule has 0 unspecified atom stereocenters. The molecule has 0 saturated carbocycles. The molecule has 0 atom stereocenters. The van der Waals surface area contributed by atoms with Gasteiger partial charge in [-0.1, -0.05) is 22.0 Å². The summed E-state index contributed by atoms with van der Waals surface area (Å²) < 4.78 is 2.39. The molecule has 0 aliphatic rings. The number of aromatic hydroxyl groups is 1. The Morgan fingerprint density at radius 1 is 1.46 bits per heavy atom. The van der Waals surface area contributed by atoms with E-state index in [0.717, 1.165) is 10.7 Å². The number of phenolic OH excluding ortho intramolecular Hbond substituents is 1. The smallest absolute Gasteiger partial charge is 0.124 e. The molecule has 0 saturated heterocycles. The molecule has 4 heteroatoms. The van der Waals surface area contributed by atoms with E-state index in [1.54, 1.807) is 17.4 Å². The molecule has 0 radical (unpaired) electrons. The molecule has 0 amide bonds. The van der Waals surface area contributed by atoms with Crippen molar-refractivity contribution in [1.29, 1.82) is 0 Å². The van der Waals surface area contributed by atoms with E-state index in [0.29, 0.717) is 5.75 Å². The largest absolute Gasteiger partial charge is 0.507 e. The summed E-state index contributed by atoms with van der Waals surface area (Å²) in [5.74, 6) is 0.374. The Labute approximate surface area is 102 Å². The third-order valence-corrected chi connectivity index (χ3v) is 4.43. The third-order valence-electron chi connectivity index (χ3n) is 1.86. The minimum absolute atomic E-state index is 0.374. The van der Waals surface area contributed by atoms with Crippen LogP contribution in [0.15, 0.2) is 18.2 Å². The van der Waals surface area contributed by atoms with E-state index in [-0.39, 0.29) is 0 Å². The van der Waals surface area contributed by atoms with Gasteiger partial charge in [0.05, 0.1) is 2.88 Å². The van der Waals surface area contributed by atoms with Crippen LogP contribution in [0.2, 0.25) is 0 Å². The second-order valence-electron chi connectivity index (χ2n) is 2.67. The zero-order valence-corrected chi connectivity index (χ0v) is 11.1. The lowest BCUT2D eigenvalue weighted by molar-refractivity contribution is 0.481. The molecule has 0 bridgehead atoms. The van der Waals surface area contributed by atoms with Crippen molar-refractivity contribution in [2.45, 2.75) is 5.33 Å². The van der Waals surface area contributed by atoms with E-state index in [1.807, 2.05) is 12.1 Å². The molecule has 1 nitrogen and oxygen atoms in total. The number of alkyl halides is 1. The summed E-state index contributed by atoms with van der Waals surface area (Å²) >= 11 is 7.42. The number of thiophene rings is 1. The Morgan fingerprint density at radius 2 is 2.23 bits per heavy atom. The first-order valence-electron chi connectivity index (χ1n) is 3.68. The second-order valence-corrected chi connectivity index (χ2v) is 6.18. The number of rotatable bonds is 1. The molecule has 1 N–H and O–H groups in total. The van der Waals surface area contributed by atoms with Gasteiger partial charge in [0.15, 0.2) is 0 Å². The highest BCUT2D eigenvalue weighted by Crippen LogP contribution is 2.36. The molecule has 0 fully saturated rings. The number of fused-ring (bicyclic) bond motifs is 1. The van der Waals surface area contributed by atoms with Crippen LogP contribution in [0.25, 0.3) is 10.1 Å². The Kier molecular flexibility index (Phi) is 2.80. The van der Waals surface area contributed by atoms with Gasteiger partial charge in [0.1, 0.15) is 5.75 Å². The third kappa shape index (κ3) is 1.71. The van der Waals surface area contributed by atoms with Crippen molar-refractivity contribution in [2.24, 2.45) is 0 Å². The van der Waals surface area contributed by atoms with E-state index in [1.165, 1.54) is 13.1 Å².